The zero-order valence-corrected chi connectivity index (χ0v) is 7.73. The van der Waals surface area contributed by atoms with Gasteiger partial charge in [0.25, 0.3) is 0 Å². The number of hydrogen-bond donors (Lipinski definition) is 1. The van der Waals surface area contributed by atoms with Crippen molar-refractivity contribution in [2.45, 2.75) is 27.7 Å². The predicted molar refractivity (Wildman–Crippen MR) is 49.0 cm³/mol. The van der Waals surface area contributed by atoms with Crippen LogP contribution in [0.1, 0.15) is 27.7 Å². The van der Waals surface area contributed by atoms with Gasteiger partial charge >= 0.3 is 0 Å². The fourth-order valence-electron chi connectivity index (χ4n) is 0.503. The van der Waals surface area contributed by atoms with Crippen molar-refractivity contribution in [3.8, 4) is 0 Å². The second kappa shape index (κ2) is 11.1. The van der Waals surface area contributed by atoms with E-state index in [9.17, 15) is 0 Å². The van der Waals surface area contributed by atoms with E-state index in [-0.39, 0.29) is 0 Å². The van der Waals surface area contributed by atoms with Gasteiger partial charge in [-0.25, -0.2) is 0 Å². The Hall–Kier alpha value is -0.720. The van der Waals surface area contributed by atoms with Crippen LogP contribution in [-0.2, 0) is 0 Å². The fraction of sp³-hybridized carbons (Fsp3) is 0.556. The molecule has 0 spiro atoms. The van der Waals surface area contributed by atoms with Crippen LogP contribution in [0.3, 0.4) is 0 Å². The molecule has 1 heteroatoms. The monoisotopic (exact) mass is 141 g/mol. The molecule has 10 heavy (non-hydrogen) atoms. The third kappa shape index (κ3) is 7.28. The molecule has 0 bridgehead atoms. The summed E-state index contributed by atoms with van der Waals surface area (Å²) in [5.41, 5.74) is 1.16. The molecule has 0 radical (unpaired) electrons. The normalized spacial score (nSPS) is 10.7. The zero-order chi connectivity index (χ0) is 8.41. The van der Waals surface area contributed by atoms with E-state index in [2.05, 4.69) is 5.32 Å². The van der Waals surface area contributed by atoms with Crippen molar-refractivity contribution in [3.05, 3.63) is 23.9 Å². The van der Waals surface area contributed by atoms with Crippen molar-refractivity contribution in [2.24, 2.45) is 0 Å². The summed E-state index contributed by atoms with van der Waals surface area (Å²) in [5.74, 6) is 0. The Morgan fingerprint density at radius 2 is 1.70 bits per heavy atom. The number of hydrogen-bond acceptors (Lipinski definition) is 1. The van der Waals surface area contributed by atoms with Crippen LogP contribution in [0.4, 0.5) is 0 Å². The van der Waals surface area contributed by atoms with Gasteiger partial charge in [0.1, 0.15) is 0 Å². The van der Waals surface area contributed by atoms with Crippen LogP contribution >= 0.6 is 0 Å². The van der Waals surface area contributed by atoms with E-state index in [4.69, 9.17) is 0 Å². The second-order valence-corrected chi connectivity index (χ2v) is 1.49. The third-order valence-corrected chi connectivity index (χ3v) is 0.946. The summed E-state index contributed by atoms with van der Waals surface area (Å²) in [5, 5.41) is 3.03. The van der Waals surface area contributed by atoms with Crippen LogP contribution in [0.5, 0.6) is 0 Å². The lowest BCUT2D eigenvalue weighted by atomic mass is 10.4. The molecule has 1 nitrogen and oxygen atoms in total. The standard InChI is InChI=1S/C7H13N.C2H6/c1-4-6-7(5-2)8-3;1-2/h4-6,8H,1-3H3;1-2H3/b6-4-,7-5+;. The van der Waals surface area contributed by atoms with Crippen molar-refractivity contribution in [1.29, 1.82) is 0 Å². The Morgan fingerprint density at radius 3 is 1.80 bits per heavy atom. The lowest BCUT2D eigenvalue weighted by Gasteiger charge is -1.95. The highest BCUT2D eigenvalue weighted by molar-refractivity contribution is 5.14. The van der Waals surface area contributed by atoms with Gasteiger partial charge in [-0.2, -0.15) is 0 Å². The van der Waals surface area contributed by atoms with Gasteiger partial charge in [0.05, 0.1) is 0 Å². The SMILES string of the molecule is C/C=C\C(=C/C)NC.CC. The molecule has 1 N–H and O–H groups in total. The summed E-state index contributed by atoms with van der Waals surface area (Å²) in [7, 11) is 1.91. The molecule has 0 rings (SSSR count). The van der Waals surface area contributed by atoms with E-state index in [0.717, 1.165) is 5.70 Å². The van der Waals surface area contributed by atoms with Crippen LogP contribution in [0, 0.1) is 0 Å². The predicted octanol–water partition coefficient (Wildman–Crippen LogP) is 2.71. The van der Waals surface area contributed by atoms with Gasteiger partial charge in [-0.05, 0) is 19.9 Å². The Balaban J connectivity index is 0. The summed E-state index contributed by atoms with van der Waals surface area (Å²) < 4.78 is 0. The van der Waals surface area contributed by atoms with Gasteiger partial charge in [0, 0.05) is 12.7 Å². The highest BCUT2D eigenvalue weighted by Gasteiger charge is 1.76. The van der Waals surface area contributed by atoms with Crippen molar-refractivity contribution in [3.63, 3.8) is 0 Å². The Bertz CT molecular complexity index is 98.5. The van der Waals surface area contributed by atoms with Crippen molar-refractivity contribution < 1.29 is 0 Å². The van der Waals surface area contributed by atoms with Crippen molar-refractivity contribution >= 4 is 0 Å². The summed E-state index contributed by atoms with van der Waals surface area (Å²) in [6.07, 6.45) is 6.06. The molecule has 0 aliphatic carbocycles. The smallest absolute Gasteiger partial charge is 0.0290 e. The molecule has 0 fully saturated rings. The Morgan fingerprint density at radius 1 is 1.20 bits per heavy atom. The first-order valence-corrected chi connectivity index (χ1v) is 3.82. The molecule has 0 unspecified atom stereocenters. The number of likely N-dealkylation sites (N-methyl/N-ethyl adjacent to an activating group) is 1. The van der Waals surface area contributed by atoms with Crippen LogP contribution in [0.25, 0.3) is 0 Å². The van der Waals surface area contributed by atoms with Crippen LogP contribution in [0.15, 0.2) is 23.9 Å². The molecule has 0 aromatic heterocycles. The average Bonchev–Trinajstić information content (AvgIpc) is 2.04. The first kappa shape index (κ1) is 12.0. The molecule has 60 valence electrons. The number of rotatable bonds is 2. The summed E-state index contributed by atoms with van der Waals surface area (Å²) in [4.78, 5) is 0. The minimum Gasteiger partial charge on any atom is -0.388 e. The quantitative estimate of drug-likeness (QED) is 0.583. The van der Waals surface area contributed by atoms with Crippen LogP contribution < -0.4 is 5.32 Å². The largest absolute Gasteiger partial charge is 0.388 e. The molecule has 0 aliphatic heterocycles. The Labute approximate surface area is 64.8 Å². The van der Waals surface area contributed by atoms with E-state index >= 15 is 0 Å². The van der Waals surface area contributed by atoms with Crippen molar-refractivity contribution in [1.82, 2.24) is 5.32 Å². The fourth-order valence-corrected chi connectivity index (χ4v) is 0.503. The Kier molecular flexibility index (Phi) is 13.4. The second-order valence-electron chi connectivity index (χ2n) is 1.49. The molecular formula is C9H19N. The molecule has 0 aliphatic rings. The average molecular weight is 141 g/mol. The molecule has 0 aromatic rings. The van der Waals surface area contributed by atoms with Crippen molar-refractivity contribution in [2.75, 3.05) is 7.05 Å². The molecule has 0 saturated carbocycles. The molecule has 0 atom stereocenters. The molecule has 0 aromatic carbocycles. The van der Waals surface area contributed by atoms with E-state index in [1.807, 2.05) is 53.0 Å². The van der Waals surface area contributed by atoms with E-state index < -0.39 is 0 Å². The van der Waals surface area contributed by atoms with Gasteiger partial charge in [0.15, 0.2) is 0 Å². The number of nitrogens with one attached hydrogen (secondary N) is 1. The molecule has 0 amide bonds. The third-order valence-electron chi connectivity index (χ3n) is 0.946. The minimum absolute atomic E-state index is 1.16. The minimum atomic E-state index is 1.16. The summed E-state index contributed by atoms with van der Waals surface area (Å²) >= 11 is 0. The molecule has 0 heterocycles. The number of allylic oxidation sites excluding steroid dienone is 3. The summed E-state index contributed by atoms with van der Waals surface area (Å²) in [6, 6.07) is 0. The van der Waals surface area contributed by atoms with Crippen LogP contribution in [0.2, 0.25) is 0 Å². The molecule has 0 saturated heterocycles. The van der Waals surface area contributed by atoms with Gasteiger partial charge < -0.3 is 5.32 Å². The topological polar surface area (TPSA) is 12.0 Å². The van der Waals surface area contributed by atoms with Gasteiger partial charge in [-0.15, -0.1) is 0 Å². The maximum Gasteiger partial charge on any atom is 0.0290 e. The van der Waals surface area contributed by atoms with E-state index in [0.29, 0.717) is 0 Å². The maximum atomic E-state index is 3.03. The highest BCUT2D eigenvalue weighted by Crippen LogP contribution is 1.87. The zero-order valence-electron chi connectivity index (χ0n) is 7.73. The van der Waals surface area contributed by atoms with Gasteiger partial charge in [0.2, 0.25) is 0 Å². The van der Waals surface area contributed by atoms with Gasteiger partial charge in [-0.1, -0.05) is 26.0 Å². The van der Waals surface area contributed by atoms with Crippen LogP contribution in [-0.4, -0.2) is 7.05 Å². The molecular weight excluding hydrogens is 122 g/mol. The first-order chi connectivity index (χ1) is 4.85. The summed E-state index contributed by atoms with van der Waals surface area (Å²) in [6.45, 7) is 8.01. The lowest BCUT2D eigenvalue weighted by molar-refractivity contribution is 1.03. The van der Waals surface area contributed by atoms with Gasteiger partial charge in [-0.3, -0.25) is 0 Å². The maximum absolute atomic E-state index is 3.03. The van der Waals surface area contributed by atoms with E-state index in [1.165, 1.54) is 0 Å². The highest BCUT2D eigenvalue weighted by atomic mass is 14.8. The van der Waals surface area contributed by atoms with E-state index in [1.54, 1.807) is 0 Å². The first-order valence-electron chi connectivity index (χ1n) is 3.82. The lowest BCUT2D eigenvalue weighted by Crippen LogP contribution is -2.01.